The lowest BCUT2D eigenvalue weighted by Crippen LogP contribution is -2.39. The van der Waals surface area contributed by atoms with Crippen LogP contribution in [0.25, 0.3) is 0 Å². The smallest absolute Gasteiger partial charge is 0.255 e. The molecule has 0 unspecified atom stereocenters. The highest BCUT2D eigenvalue weighted by molar-refractivity contribution is 6.30. The lowest BCUT2D eigenvalue weighted by molar-refractivity contribution is -0.119. The molecule has 0 aliphatic carbocycles. The second-order valence-electron chi connectivity index (χ2n) is 6.71. The highest BCUT2D eigenvalue weighted by Gasteiger charge is 2.30. The molecule has 2 aromatic rings. The SMILES string of the molecule is Cc1cc(Cl)ccc1NC(=O)c1cc2c3c(c1)CCC(=O)N3CCC2. The van der Waals surface area contributed by atoms with Crippen LogP contribution in [0.2, 0.25) is 5.02 Å². The van der Waals surface area contributed by atoms with E-state index in [0.717, 1.165) is 47.5 Å². The number of anilines is 2. The van der Waals surface area contributed by atoms with Gasteiger partial charge >= 0.3 is 0 Å². The van der Waals surface area contributed by atoms with Crippen LogP contribution in [-0.2, 0) is 17.6 Å². The Bertz CT molecular complexity index is 874. The Balaban J connectivity index is 1.67. The Morgan fingerprint density at radius 3 is 2.64 bits per heavy atom. The monoisotopic (exact) mass is 354 g/mol. The zero-order valence-corrected chi connectivity index (χ0v) is 14.8. The van der Waals surface area contributed by atoms with Crippen molar-refractivity contribution in [3.05, 3.63) is 57.6 Å². The van der Waals surface area contributed by atoms with Crippen LogP contribution in [0.4, 0.5) is 11.4 Å². The summed E-state index contributed by atoms with van der Waals surface area (Å²) in [6, 6.07) is 9.29. The second kappa shape index (κ2) is 6.19. The summed E-state index contributed by atoms with van der Waals surface area (Å²) in [6.45, 7) is 2.70. The molecular weight excluding hydrogens is 336 g/mol. The van der Waals surface area contributed by atoms with E-state index in [1.54, 1.807) is 6.07 Å². The lowest BCUT2D eigenvalue weighted by atomic mass is 9.89. The van der Waals surface area contributed by atoms with E-state index in [2.05, 4.69) is 5.32 Å². The van der Waals surface area contributed by atoms with E-state index in [-0.39, 0.29) is 11.8 Å². The number of aryl methyl sites for hydroxylation is 3. The number of carbonyl (C=O) groups is 2. The summed E-state index contributed by atoms with van der Waals surface area (Å²) >= 11 is 5.98. The minimum Gasteiger partial charge on any atom is -0.322 e. The minimum absolute atomic E-state index is 0.126. The molecule has 0 radical (unpaired) electrons. The van der Waals surface area contributed by atoms with Gasteiger partial charge in [-0.1, -0.05) is 11.6 Å². The van der Waals surface area contributed by atoms with Gasteiger partial charge in [0.05, 0.1) is 5.69 Å². The van der Waals surface area contributed by atoms with Gasteiger partial charge in [0, 0.05) is 29.2 Å². The first-order valence-corrected chi connectivity index (χ1v) is 8.94. The second-order valence-corrected chi connectivity index (χ2v) is 7.14. The van der Waals surface area contributed by atoms with Crippen molar-refractivity contribution in [2.45, 2.75) is 32.6 Å². The zero-order chi connectivity index (χ0) is 17.6. The quantitative estimate of drug-likeness (QED) is 0.881. The summed E-state index contributed by atoms with van der Waals surface area (Å²) in [5.41, 5.74) is 5.60. The van der Waals surface area contributed by atoms with Crippen molar-refractivity contribution in [1.82, 2.24) is 0 Å². The van der Waals surface area contributed by atoms with Gasteiger partial charge in [-0.3, -0.25) is 9.59 Å². The van der Waals surface area contributed by atoms with Crippen molar-refractivity contribution in [3.63, 3.8) is 0 Å². The first-order chi connectivity index (χ1) is 12.0. The predicted octanol–water partition coefficient (Wildman–Crippen LogP) is 4.13. The predicted molar refractivity (Wildman–Crippen MR) is 99.6 cm³/mol. The first kappa shape index (κ1) is 16.2. The molecule has 25 heavy (non-hydrogen) atoms. The van der Waals surface area contributed by atoms with E-state index in [1.807, 2.05) is 36.1 Å². The average Bonchev–Trinajstić information content (AvgIpc) is 2.60. The van der Waals surface area contributed by atoms with E-state index >= 15 is 0 Å². The van der Waals surface area contributed by atoms with Crippen molar-refractivity contribution in [2.75, 3.05) is 16.8 Å². The molecule has 5 heteroatoms. The summed E-state index contributed by atoms with van der Waals surface area (Å²) in [5, 5.41) is 3.62. The van der Waals surface area contributed by atoms with Gasteiger partial charge in [0.25, 0.3) is 5.91 Å². The number of hydrogen-bond donors (Lipinski definition) is 1. The molecular formula is C20H19ClN2O2. The Labute approximate surface area is 151 Å². The van der Waals surface area contributed by atoms with Crippen LogP contribution < -0.4 is 10.2 Å². The number of halogens is 1. The molecule has 0 bridgehead atoms. The molecule has 128 valence electrons. The topological polar surface area (TPSA) is 49.4 Å². The van der Waals surface area contributed by atoms with E-state index in [4.69, 9.17) is 11.6 Å². The van der Waals surface area contributed by atoms with Crippen molar-refractivity contribution < 1.29 is 9.59 Å². The van der Waals surface area contributed by atoms with E-state index in [1.165, 1.54) is 0 Å². The molecule has 2 amide bonds. The fourth-order valence-corrected chi connectivity index (χ4v) is 3.97. The van der Waals surface area contributed by atoms with Crippen LogP contribution in [-0.4, -0.2) is 18.4 Å². The molecule has 2 aromatic carbocycles. The molecule has 2 aliphatic heterocycles. The highest BCUT2D eigenvalue weighted by atomic mass is 35.5. The third-order valence-electron chi connectivity index (χ3n) is 4.97. The first-order valence-electron chi connectivity index (χ1n) is 8.56. The fraction of sp³-hybridized carbons (Fsp3) is 0.300. The van der Waals surface area contributed by atoms with Crippen LogP contribution in [0, 0.1) is 6.92 Å². The number of carbonyl (C=O) groups excluding carboxylic acids is 2. The van der Waals surface area contributed by atoms with Gasteiger partial charge in [-0.15, -0.1) is 0 Å². The normalized spacial score (nSPS) is 15.8. The van der Waals surface area contributed by atoms with Crippen molar-refractivity contribution in [3.8, 4) is 0 Å². The molecule has 2 heterocycles. The summed E-state index contributed by atoms with van der Waals surface area (Å²) in [4.78, 5) is 26.8. The zero-order valence-electron chi connectivity index (χ0n) is 14.1. The van der Waals surface area contributed by atoms with Crippen molar-refractivity contribution in [1.29, 1.82) is 0 Å². The Morgan fingerprint density at radius 2 is 1.88 bits per heavy atom. The number of nitrogens with one attached hydrogen (secondary N) is 1. The summed E-state index contributed by atoms with van der Waals surface area (Å²) in [6.07, 6.45) is 3.08. The molecule has 0 aromatic heterocycles. The number of hydrogen-bond acceptors (Lipinski definition) is 2. The lowest BCUT2D eigenvalue weighted by Gasteiger charge is -2.35. The Hall–Kier alpha value is -2.33. The number of nitrogens with zero attached hydrogens (tertiary/aromatic N) is 1. The molecule has 4 nitrogen and oxygen atoms in total. The van der Waals surface area contributed by atoms with Crippen LogP contribution >= 0.6 is 11.6 Å². The molecule has 1 N–H and O–H groups in total. The molecule has 4 rings (SSSR count). The van der Waals surface area contributed by atoms with Crippen LogP contribution in [0.1, 0.15) is 39.9 Å². The third-order valence-corrected chi connectivity index (χ3v) is 5.21. The molecule has 0 saturated heterocycles. The third kappa shape index (κ3) is 2.91. The molecule has 2 aliphatic rings. The number of rotatable bonds is 2. The van der Waals surface area contributed by atoms with Gasteiger partial charge in [0.1, 0.15) is 0 Å². The van der Waals surface area contributed by atoms with E-state index in [0.29, 0.717) is 23.4 Å². The van der Waals surface area contributed by atoms with Gasteiger partial charge in [-0.2, -0.15) is 0 Å². The molecule has 0 saturated carbocycles. The van der Waals surface area contributed by atoms with Gasteiger partial charge in [-0.05, 0) is 73.2 Å². The minimum atomic E-state index is -0.126. The Kier molecular flexibility index (Phi) is 4.00. The van der Waals surface area contributed by atoms with Gasteiger partial charge in [0.15, 0.2) is 0 Å². The summed E-state index contributed by atoms with van der Waals surface area (Å²) < 4.78 is 0. The average molecular weight is 355 g/mol. The van der Waals surface area contributed by atoms with E-state index in [9.17, 15) is 9.59 Å². The Morgan fingerprint density at radius 1 is 1.12 bits per heavy atom. The number of amides is 2. The highest BCUT2D eigenvalue weighted by Crippen LogP contribution is 2.36. The van der Waals surface area contributed by atoms with Crippen molar-refractivity contribution in [2.24, 2.45) is 0 Å². The van der Waals surface area contributed by atoms with Crippen LogP contribution in [0.15, 0.2) is 30.3 Å². The maximum Gasteiger partial charge on any atom is 0.255 e. The van der Waals surface area contributed by atoms with Crippen LogP contribution in [0.5, 0.6) is 0 Å². The van der Waals surface area contributed by atoms with E-state index < -0.39 is 0 Å². The van der Waals surface area contributed by atoms with Gasteiger partial charge in [0.2, 0.25) is 5.91 Å². The van der Waals surface area contributed by atoms with Gasteiger partial charge < -0.3 is 10.2 Å². The standard InChI is InChI=1S/C20H19ClN2O2/c1-12-9-16(21)5-6-17(12)22-20(25)15-10-13-3-2-8-23-18(24)7-4-14(11-15)19(13)23/h5-6,9-11H,2-4,7-8H2,1H3,(H,22,25). The fourth-order valence-electron chi connectivity index (χ4n) is 3.75. The maximum atomic E-state index is 12.7. The molecule has 0 spiro atoms. The molecule has 0 atom stereocenters. The molecule has 0 fully saturated rings. The van der Waals surface area contributed by atoms with Crippen molar-refractivity contribution >= 4 is 34.8 Å². The van der Waals surface area contributed by atoms with Crippen LogP contribution in [0.3, 0.4) is 0 Å². The maximum absolute atomic E-state index is 12.7. The van der Waals surface area contributed by atoms with Gasteiger partial charge in [-0.25, -0.2) is 0 Å². The summed E-state index contributed by atoms with van der Waals surface area (Å²) in [5.74, 6) is 0.0703. The number of benzene rings is 2. The summed E-state index contributed by atoms with van der Waals surface area (Å²) in [7, 11) is 0. The largest absolute Gasteiger partial charge is 0.322 e.